The summed E-state index contributed by atoms with van der Waals surface area (Å²) >= 11 is 0. The first-order valence-corrected chi connectivity index (χ1v) is 15.2. The SMILES string of the molecule is CC1(C)CC[C@]2(N3CCOC3=O)CC[C@]3(C)[C@H](C(=O)C=C4[C@@]5(C)C/C(=C/O)C(=O)C(C)(C)[C@@H]5CC[C@]43C)[C@@H]2C1. The fourth-order valence-corrected chi connectivity index (χ4v) is 11.2. The van der Waals surface area contributed by atoms with Crippen molar-refractivity contribution in [2.24, 2.45) is 44.8 Å². The third kappa shape index (κ3) is 3.23. The number of aliphatic hydroxyl groups excluding tert-OH is 1. The van der Waals surface area contributed by atoms with Gasteiger partial charge < -0.3 is 9.84 Å². The second kappa shape index (κ2) is 8.00. The van der Waals surface area contributed by atoms with Crippen molar-refractivity contribution in [3.05, 3.63) is 23.5 Å². The van der Waals surface area contributed by atoms with Crippen LogP contribution in [0.3, 0.4) is 0 Å². The number of cyclic esters (lactones) is 1. The van der Waals surface area contributed by atoms with Crippen molar-refractivity contribution in [2.75, 3.05) is 13.2 Å². The summed E-state index contributed by atoms with van der Waals surface area (Å²) in [6.45, 7) is 16.7. The second-order valence-corrected chi connectivity index (χ2v) is 15.9. The molecule has 6 nitrogen and oxygen atoms in total. The van der Waals surface area contributed by atoms with Crippen LogP contribution in [0.25, 0.3) is 0 Å². The number of aliphatic hydroxyl groups is 1. The maximum atomic E-state index is 14.6. The number of hydrogen-bond acceptors (Lipinski definition) is 5. The molecule has 214 valence electrons. The first-order valence-electron chi connectivity index (χ1n) is 15.2. The summed E-state index contributed by atoms with van der Waals surface area (Å²) in [5.74, 6) is 0.293. The highest BCUT2D eigenvalue weighted by Gasteiger charge is 2.71. The van der Waals surface area contributed by atoms with Crippen molar-refractivity contribution < 1.29 is 24.2 Å². The molecule has 5 fully saturated rings. The molecule has 0 spiro atoms. The summed E-state index contributed by atoms with van der Waals surface area (Å²) in [6.07, 6.45) is 9.84. The van der Waals surface area contributed by atoms with Crippen molar-refractivity contribution >= 4 is 17.7 Å². The highest BCUT2D eigenvalue weighted by Crippen LogP contribution is 2.74. The fraction of sp³-hybridized carbons (Fsp3) is 0.788. The van der Waals surface area contributed by atoms with Gasteiger partial charge in [-0.15, -0.1) is 0 Å². The molecule has 1 aliphatic heterocycles. The van der Waals surface area contributed by atoms with Crippen LogP contribution in [0.5, 0.6) is 0 Å². The lowest BCUT2D eigenvalue weighted by atomic mass is 9.34. The van der Waals surface area contributed by atoms with Crippen molar-refractivity contribution in [3.63, 3.8) is 0 Å². The zero-order chi connectivity index (χ0) is 28.4. The summed E-state index contributed by atoms with van der Waals surface area (Å²) in [4.78, 5) is 42.9. The lowest BCUT2D eigenvalue weighted by Gasteiger charge is -2.70. The number of carbonyl (C=O) groups is 3. The van der Waals surface area contributed by atoms with E-state index in [1.165, 1.54) is 5.57 Å². The van der Waals surface area contributed by atoms with Gasteiger partial charge in [0.05, 0.1) is 12.8 Å². The number of Topliss-reactive ketones (excluding diaryl/α,β-unsaturated/α-hetero) is 1. The van der Waals surface area contributed by atoms with E-state index >= 15 is 0 Å². The van der Waals surface area contributed by atoms with Gasteiger partial charge in [-0.25, -0.2) is 4.79 Å². The first-order chi connectivity index (χ1) is 18.1. The lowest BCUT2D eigenvalue weighted by Crippen LogP contribution is -2.70. The molecular formula is C33H47NO5. The third-order valence-corrected chi connectivity index (χ3v) is 13.4. The molecule has 4 saturated carbocycles. The summed E-state index contributed by atoms with van der Waals surface area (Å²) in [5.41, 5.74) is 0.0372. The molecule has 0 aromatic carbocycles. The molecule has 1 heterocycles. The van der Waals surface area contributed by atoms with Crippen LogP contribution in [-0.4, -0.2) is 46.4 Å². The molecule has 5 aliphatic carbocycles. The van der Waals surface area contributed by atoms with E-state index < -0.39 is 5.41 Å². The molecule has 1 N–H and O–H groups in total. The van der Waals surface area contributed by atoms with Crippen molar-refractivity contribution in [3.8, 4) is 0 Å². The van der Waals surface area contributed by atoms with Gasteiger partial charge in [0.15, 0.2) is 11.6 Å². The quantitative estimate of drug-likeness (QED) is 0.294. The predicted molar refractivity (Wildman–Crippen MR) is 149 cm³/mol. The summed E-state index contributed by atoms with van der Waals surface area (Å²) in [5, 5.41) is 10.1. The van der Waals surface area contributed by atoms with Gasteiger partial charge in [0.1, 0.15) is 6.61 Å². The standard InChI is InChI=1S/C33H47NO5/c1-28(2)10-12-33(34-14-15-39-27(34)38)13-11-32(7)25(21(33)18-28)22(36)16-24-30(5)17-20(19-35)26(37)29(3,4)23(30)8-9-31(24,32)6/h16,19,21,23,25,35H,8-15,17-18H2,1-7H3/b20-19-/t21-,23-,25-,30-,31+,32+,33-/m0/s1. The van der Waals surface area contributed by atoms with Crippen LogP contribution < -0.4 is 0 Å². The maximum Gasteiger partial charge on any atom is 0.410 e. The highest BCUT2D eigenvalue weighted by molar-refractivity contribution is 6.01. The minimum Gasteiger partial charge on any atom is -0.515 e. The van der Waals surface area contributed by atoms with E-state index in [1.54, 1.807) is 0 Å². The maximum absolute atomic E-state index is 14.6. The first kappa shape index (κ1) is 27.1. The predicted octanol–water partition coefficient (Wildman–Crippen LogP) is 6.79. The number of fused-ring (bicyclic) bond motifs is 7. The molecule has 0 radical (unpaired) electrons. The summed E-state index contributed by atoms with van der Waals surface area (Å²) < 4.78 is 5.47. The Balaban J connectivity index is 1.50. The Labute approximate surface area is 233 Å². The molecule has 0 aromatic heterocycles. The van der Waals surface area contributed by atoms with Gasteiger partial charge >= 0.3 is 6.09 Å². The van der Waals surface area contributed by atoms with Crippen LogP contribution >= 0.6 is 0 Å². The highest BCUT2D eigenvalue weighted by atomic mass is 16.6. The number of hydrogen-bond donors (Lipinski definition) is 1. The minimum absolute atomic E-state index is 0.0345. The van der Waals surface area contributed by atoms with E-state index in [2.05, 4.69) is 34.6 Å². The van der Waals surface area contributed by atoms with Gasteiger partial charge in [-0.2, -0.15) is 0 Å². The molecule has 0 unspecified atom stereocenters. The number of nitrogens with zero attached hydrogens (tertiary/aromatic N) is 1. The number of allylic oxidation sites excluding steroid dienone is 3. The molecule has 6 heteroatoms. The Morgan fingerprint density at radius 3 is 2.31 bits per heavy atom. The van der Waals surface area contributed by atoms with E-state index in [9.17, 15) is 19.5 Å². The van der Waals surface area contributed by atoms with Gasteiger partial charge in [0.25, 0.3) is 0 Å². The van der Waals surface area contributed by atoms with Crippen LogP contribution in [0.2, 0.25) is 0 Å². The number of carbonyl (C=O) groups excluding carboxylic acids is 3. The van der Waals surface area contributed by atoms with Gasteiger partial charge in [-0.1, -0.05) is 54.0 Å². The van der Waals surface area contributed by atoms with Crippen LogP contribution in [0.15, 0.2) is 23.5 Å². The van der Waals surface area contributed by atoms with Gasteiger partial charge in [-0.3, -0.25) is 14.5 Å². The normalized spacial score (nSPS) is 47.5. The minimum atomic E-state index is -0.601. The van der Waals surface area contributed by atoms with E-state index in [0.717, 1.165) is 51.2 Å². The third-order valence-electron chi connectivity index (χ3n) is 13.4. The summed E-state index contributed by atoms with van der Waals surface area (Å²) in [7, 11) is 0. The van der Waals surface area contributed by atoms with Crippen LogP contribution in [0.1, 0.15) is 99.8 Å². The Hall–Kier alpha value is -2.11. The number of ether oxygens (including phenoxy) is 1. The largest absolute Gasteiger partial charge is 0.515 e. The van der Waals surface area contributed by atoms with E-state index in [4.69, 9.17) is 4.74 Å². The van der Waals surface area contributed by atoms with Crippen molar-refractivity contribution in [1.82, 2.24) is 4.90 Å². The van der Waals surface area contributed by atoms with Gasteiger partial charge in [0.2, 0.25) is 0 Å². The number of rotatable bonds is 1. The zero-order valence-corrected chi connectivity index (χ0v) is 25.0. The van der Waals surface area contributed by atoms with Crippen LogP contribution in [0, 0.1) is 44.8 Å². The molecule has 1 amide bonds. The monoisotopic (exact) mass is 537 g/mol. The van der Waals surface area contributed by atoms with Crippen LogP contribution in [-0.2, 0) is 14.3 Å². The topological polar surface area (TPSA) is 83.9 Å². The lowest BCUT2D eigenvalue weighted by molar-refractivity contribution is -0.174. The van der Waals surface area contributed by atoms with E-state index in [0.29, 0.717) is 25.1 Å². The molecular weight excluding hydrogens is 490 g/mol. The molecule has 0 bridgehead atoms. The molecule has 6 rings (SSSR count). The Morgan fingerprint density at radius 1 is 0.974 bits per heavy atom. The second-order valence-electron chi connectivity index (χ2n) is 15.9. The average Bonchev–Trinajstić information content (AvgIpc) is 3.29. The molecule has 39 heavy (non-hydrogen) atoms. The van der Waals surface area contributed by atoms with Crippen molar-refractivity contribution in [1.29, 1.82) is 0 Å². The van der Waals surface area contributed by atoms with E-state index in [-0.39, 0.29) is 62.6 Å². The van der Waals surface area contributed by atoms with Crippen LogP contribution in [0.4, 0.5) is 4.79 Å². The molecule has 7 atom stereocenters. The Morgan fingerprint density at radius 2 is 1.67 bits per heavy atom. The number of ketones is 2. The molecule has 0 aromatic rings. The summed E-state index contributed by atoms with van der Waals surface area (Å²) in [6, 6.07) is 0. The fourth-order valence-electron chi connectivity index (χ4n) is 11.2. The smallest absolute Gasteiger partial charge is 0.410 e. The average molecular weight is 538 g/mol. The Kier molecular flexibility index (Phi) is 5.56. The molecule has 1 saturated heterocycles. The number of amides is 1. The molecule has 6 aliphatic rings. The van der Waals surface area contributed by atoms with Gasteiger partial charge in [0, 0.05) is 22.4 Å². The van der Waals surface area contributed by atoms with E-state index in [1.807, 2.05) is 24.8 Å². The zero-order valence-electron chi connectivity index (χ0n) is 25.0. The van der Waals surface area contributed by atoms with Gasteiger partial charge in [-0.05, 0) is 90.9 Å². The van der Waals surface area contributed by atoms with Crippen molar-refractivity contribution in [2.45, 2.75) is 105 Å². The Bertz CT molecular complexity index is 1210.